The largest absolute Gasteiger partial charge is 0.394 e. The molecule has 1 fully saturated rings. The van der Waals surface area contributed by atoms with Gasteiger partial charge in [0, 0.05) is 5.56 Å². The first kappa shape index (κ1) is 14.4. The highest BCUT2D eigenvalue weighted by molar-refractivity contribution is 5.30. The highest BCUT2D eigenvalue weighted by Gasteiger charge is 2.36. The number of aryl methyl sites for hydroxylation is 2. The normalized spacial score (nSPS) is 29.2. The van der Waals surface area contributed by atoms with Crippen molar-refractivity contribution in [3.05, 3.63) is 34.9 Å². The zero-order valence-corrected chi connectivity index (χ0v) is 11.1. The number of benzene rings is 1. The van der Waals surface area contributed by atoms with Crippen molar-refractivity contribution in [2.24, 2.45) is 0 Å². The van der Waals surface area contributed by atoms with Gasteiger partial charge in [-0.05, 0) is 25.0 Å². The third-order valence-electron chi connectivity index (χ3n) is 3.45. The summed E-state index contributed by atoms with van der Waals surface area (Å²) in [5, 5.41) is 28.3. The molecule has 1 heterocycles. The maximum atomic E-state index is 9.71. The molecule has 1 aromatic rings. The molecule has 0 radical (unpaired) electrons. The van der Waals surface area contributed by atoms with E-state index in [1.165, 1.54) is 5.56 Å². The maximum Gasteiger partial charge on any atom is 0.184 e. The Kier molecular flexibility index (Phi) is 4.54. The van der Waals surface area contributed by atoms with Crippen LogP contribution in [0.4, 0.5) is 0 Å². The van der Waals surface area contributed by atoms with Crippen molar-refractivity contribution < 1.29 is 24.8 Å². The fourth-order valence-corrected chi connectivity index (χ4v) is 2.09. The first-order chi connectivity index (χ1) is 9.02. The van der Waals surface area contributed by atoms with Gasteiger partial charge in [-0.1, -0.05) is 18.2 Å². The highest BCUT2D eigenvalue weighted by atomic mass is 16.7. The zero-order chi connectivity index (χ0) is 14.0. The zero-order valence-electron chi connectivity index (χ0n) is 11.1. The monoisotopic (exact) mass is 268 g/mol. The highest BCUT2D eigenvalue weighted by Crippen LogP contribution is 2.29. The van der Waals surface area contributed by atoms with E-state index >= 15 is 0 Å². The van der Waals surface area contributed by atoms with Crippen molar-refractivity contribution in [1.29, 1.82) is 0 Å². The Morgan fingerprint density at radius 2 is 2.05 bits per heavy atom. The van der Waals surface area contributed by atoms with Gasteiger partial charge in [0.15, 0.2) is 6.29 Å². The molecule has 1 aromatic carbocycles. The summed E-state index contributed by atoms with van der Waals surface area (Å²) >= 11 is 0. The average molecular weight is 268 g/mol. The summed E-state index contributed by atoms with van der Waals surface area (Å²) in [6.07, 6.45) is -3.53. The molecule has 0 bridgehead atoms. The van der Waals surface area contributed by atoms with E-state index in [1.54, 1.807) is 0 Å². The van der Waals surface area contributed by atoms with Gasteiger partial charge in [-0.15, -0.1) is 0 Å². The fourth-order valence-electron chi connectivity index (χ4n) is 2.09. The van der Waals surface area contributed by atoms with Gasteiger partial charge in [-0.2, -0.15) is 0 Å². The van der Waals surface area contributed by atoms with Gasteiger partial charge in [0.2, 0.25) is 0 Å². The Bertz CT molecular complexity index is 430. The third kappa shape index (κ3) is 3.13. The van der Waals surface area contributed by atoms with Crippen LogP contribution in [0.15, 0.2) is 18.2 Å². The topological polar surface area (TPSA) is 79.2 Å². The van der Waals surface area contributed by atoms with E-state index in [9.17, 15) is 10.2 Å². The van der Waals surface area contributed by atoms with E-state index in [4.69, 9.17) is 14.6 Å². The van der Waals surface area contributed by atoms with Crippen molar-refractivity contribution >= 4 is 0 Å². The lowest BCUT2D eigenvalue weighted by atomic mass is 10.0. The molecule has 19 heavy (non-hydrogen) atoms. The molecule has 0 aliphatic carbocycles. The van der Waals surface area contributed by atoms with Crippen LogP contribution < -0.4 is 0 Å². The smallest absolute Gasteiger partial charge is 0.184 e. The molecule has 3 N–H and O–H groups in total. The van der Waals surface area contributed by atoms with Crippen LogP contribution in [0.1, 0.15) is 23.0 Å². The van der Waals surface area contributed by atoms with E-state index in [0.717, 1.165) is 11.1 Å². The summed E-state index contributed by atoms with van der Waals surface area (Å²) in [5.41, 5.74) is 3.13. The molecule has 4 atom stereocenters. The lowest BCUT2D eigenvalue weighted by Gasteiger charge is -2.36. The first-order valence-electron chi connectivity index (χ1n) is 6.34. The van der Waals surface area contributed by atoms with E-state index in [0.29, 0.717) is 0 Å². The number of aliphatic hydroxyl groups excluding tert-OH is 3. The summed E-state index contributed by atoms with van der Waals surface area (Å²) in [4.78, 5) is 0. The lowest BCUT2D eigenvalue weighted by molar-refractivity contribution is -0.277. The molecule has 5 heteroatoms. The molecule has 0 aromatic heterocycles. The van der Waals surface area contributed by atoms with E-state index in [2.05, 4.69) is 0 Å². The molecule has 1 aliphatic rings. The summed E-state index contributed by atoms with van der Waals surface area (Å²) < 4.78 is 11.0. The number of ether oxygens (including phenoxy) is 2. The Balaban J connectivity index is 2.15. The second-order valence-corrected chi connectivity index (χ2v) is 4.93. The fraction of sp³-hybridized carbons (Fsp3) is 0.571. The number of hydrogen-bond acceptors (Lipinski definition) is 5. The van der Waals surface area contributed by atoms with E-state index in [-0.39, 0.29) is 6.61 Å². The van der Waals surface area contributed by atoms with Gasteiger partial charge >= 0.3 is 0 Å². The second kappa shape index (κ2) is 5.98. The van der Waals surface area contributed by atoms with Crippen molar-refractivity contribution in [3.63, 3.8) is 0 Å². The van der Waals surface area contributed by atoms with Gasteiger partial charge < -0.3 is 24.8 Å². The summed E-state index contributed by atoms with van der Waals surface area (Å²) in [7, 11) is 0. The second-order valence-electron chi connectivity index (χ2n) is 4.93. The Morgan fingerprint density at radius 1 is 1.32 bits per heavy atom. The molecular weight excluding hydrogens is 248 g/mol. The van der Waals surface area contributed by atoms with Crippen LogP contribution in [0.3, 0.4) is 0 Å². The van der Waals surface area contributed by atoms with Crippen LogP contribution in [0, 0.1) is 13.8 Å². The van der Waals surface area contributed by atoms with Gasteiger partial charge in [-0.25, -0.2) is 0 Å². The quantitative estimate of drug-likeness (QED) is 0.741. The van der Waals surface area contributed by atoms with Gasteiger partial charge in [0.25, 0.3) is 0 Å². The summed E-state index contributed by atoms with van der Waals surface area (Å²) in [6, 6.07) is 5.83. The van der Waals surface area contributed by atoms with Crippen LogP contribution in [-0.2, 0) is 9.47 Å². The van der Waals surface area contributed by atoms with Crippen LogP contribution in [0.2, 0.25) is 0 Å². The van der Waals surface area contributed by atoms with Crippen molar-refractivity contribution in [3.8, 4) is 0 Å². The molecule has 106 valence electrons. The first-order valence-corrected chi connectivity index (χ1v) is 6.34. The van der Waals surface area contributed by atoms with Crippen LogP contribution in [0.5, 0.6) is 0 Å². The average Bonchev–Trinajstić information content (AvgIpc) is 2.41. The van der Waals surface area contributed by atoms with Crippen molar-refractivity contribution in [1.82, 2.24) is 0 Å². The van der Waals surface area contributed by atoms with Gasteiger partial charge in [-0.3, -0.25) is 0 Å². The minimum Gasteiger partial charge on any atom is -0.394 e. The van der Waals surface area contributed by atoms with Crippen LogP contribution in [-0.4, -0.2) is 46.8 Å². The molecule has 0 saturated carbocycles. The van der Waals surface area contributed by atoms with Gasteiger partial charge in [0.1, 0.15) is 18.3 Å². The molecule has 0 spiro atoms. The number of rotatable bonds is 3. The summed E-state index contributed by atoms with van der Waals surface area (Å²) in [5.74, 6) is 0. The Morgan fingerprint density at radius 3 is 2.68 bits per heavy atom. The lowest BCUT2D eigenvalue weighted by Crippen LogP contribution is -2.48. The standard InChI is InChI=1S/C14H20O5/c1-8-3-4-10(5-9(8)2)14-18-7-12(17)13(19-14)11(16)6-15/h3-5,11-17H,6-7H2,1-2H3. The van der Waals surface area contributed by atoms with E-state index < -0.39 is 31.2 Å². The minimum atomic E-state index is -1.12. The maximum absolute atomic E-state index is 9.71. The number of hydrogen-bond donors (Lipinski definition) is 3. The van der Waals surface area contributed by atoms with E-state index in [1.807, 2.05) is 32.0 Å². The van der Waals surface area contributed by atoms with Crippen LogP contribution >= 0.6 is 0 Å². The van der Waals surface area contributed by atoms with Crippen molar-refractivity contribution in [2.45, 2.75) is 38.4 Å². The molecule has 5 nitrogen and oxygen atoms in total. The molecular formula is C14H20O5. The van der Waals surface area contributed by atoms with Crippen molar-refractivity contribution in [2.75, 3.05) is 13.2 Å². The summed E-state index contributed by atoms with van der Waals surface area (Å²) in [6.45, 7) is 3.63. The number of aliphatic hydroxyl groups is 3. The molecule has 4 unspecified atom stereocenters. The molecule has 2 rings (SSSR count). The Hall–Kier alpha value is -0.980. The molecule has 1 aliphatic heterocycles. The Labute approximate surface area is 112 Å². The third-order valence-corrected chi connectivity index (χ3v) is 3.45. The molecule has 0 amide bonds. The SMILES string of the molecule is Cc1ccc(C2OCC(O)C(C(O)CO)O2)cc1C. The molecule has 1 saturated heterocycles. The minimum absolute atomic E-state index is 0.0688. The van der Waals surface area contributed by atoms with Crippen LogP contribution in [0.25, 0.3) is 0 Å². The predicted molar refractivity (Wildman–Crippen MR) is 68.6 cm³/mol. The predicted octanol–water partition coefficient (Wildman–Crippen LogP) is 0.432. The van der Waals surface area contributed by atoms with Gasteiger partial charge in [0.05, 0.1) is 13.2 Å².